The molecule has 0 saturated carbocycles. The number of pyridine rings is 1. The van der Waals surface area contributed by atoms with Crippen LogP contribution in [0, 0.1) is 5.82 Å². The Kier molecular flexibility index (Phi) is 6.60. The number of hydrogen-bond donors (Lipinski definition) is 2. The van der Waals surface area contributed by atoms with E-state index in [2.05, 4.69) is 10.3 Å². The van der Waals surface area contributed by atoms with E-state index in [1.807, 2.05) is 31.2 Å². The number of fused-ring (bicyclic) bond motifs is 1. The fourth-order valence-electron chi connectivity index (χ4n) is 3.30. The molecule has 6 heteroatoms. The van der Waals surface area contributed by atoms with Crippen LogP contribution in [0.3, 0.4) is 0 Å². The fourth-order valence-corrected chi connectivity index (χ4v) is 3.58. The number of carbonyl (C=O) groups excluding carboxylic acids is 1. The Bertz CT molecular complexity index is 954. The van der Waals surface area contributed by atoms with Crippen LogP contribution in [0.4, 0.5) is 4.39 Å². The number of nitrogens with zero attached hydrogens (tertiary/aromatic N) is 1. The standard InChI is InChI=1S/C22H22ClFN2O2/c1-2-19(22(28)21-17(23)8-5-9-18(21)24)26-20(27)11-10-15-13-25-12-14-6-3-4-7-16(14)15/h3-9,12-13,19,22,28H,2,10-11H2,1H3,(H,26,27). The highest BCUT2D eigenvalue weighted by Gasteiger charge is 2.25. The number of aryl methyl sites for hydroxylation is 1. The molecule has 1 amide bonds. The summed E-state index contributed by atoms with van der Waals surface area (Å²) >= 11 is 6.04. The van der Waals surface area contributed by atoms with Crippen LogP contribution in [-0.2, 0) is 11.2 Å². The molecule has 1 aromatic heterocycles. The number of hydrogen-bond acceptors (Lipinski definition) is 3. The second-order valence-electron chi connectivity index (χ2n) is 6.68. The van der Waals surface area contributed by atoms with Gasteiger partial charge in [0.05, 0.1) is 6.04 Å². The third kappa shape index (κ3) is 4.49. The summed E-state index contributed by atoms with van der Waals surface area (Å²) in [4.78, 5) is 16.7. The largest absolute Gasteiger partial charge is 0.386 e. The number of nitrogens with one attached hydrogen (secondary N) is 1. The third-order valence-corrected chi connectivity index (χ3v) is 5.16. The first kappa shape index (κ1) is 20.2. The summed E-state index contributed by atoms with van der Waals surface area (Å²) in [6.07, 6.45) is 3.54. The topological polar surface area (TPSA) is 62.2 Å². The molecule has 2 aromatic carbocycles. The summed E-state index contributed by atoms with van der Waals surface area (Å²) in [5, 5.41) is 15.6. The lowest BCUT2D eigenvalue weighted by Crippen LogP contribution is -2.39. The van der Waals surface area contributed by atoms with Crippen LogP contribution in [-0.4, -0.2) is 22.0 Å². The molecule has 3 rings (SSSR count). The highest BCUT2D eigenvalue weighted by molar-refractivity contribution is 6.31. The first-order valence-corrected chi connectivity index (χ1v) is 9.62. The molecule has 1 heterocycles. The molecule has 0 aliphatic heterocycles. The molecule has 2 atom stereocenters. The van der Waals surface area contributed by atoms with Crippen molar-refractivity contribution in [1.82, 2.24) is 10.3 Å². The average molecular weight is 401 g/mol. The Morgan fingerprint density at radius 3 is 2.75 bits per heavy atom. The summed E-state index contributed by atoms with van der Waals surface area (Å²) in [7, 11) is 0. The minimum Gasteiger partial charge on any atom is -0.386 e. The Labute approximate surface area is 168 Å². The summed E-state index contributed by atoms with van der Waals surface area (Å²) in [5.41, 5.74) is 0.994. The maximum Gasteiger partial charge on any atom is 0.220 e. The van der Waals surface area contributed by atoms with Gasteiger partial charge in [-0.15, -0.1) is 0 Å². The monoisotopic (exact) mass is 400 g/mol. The molecule has 0 aliphatic carbocycles. The van der Waals surface area contributed by atoms with E-state index in [0.29, 0.717) is 12.8 Å². The lowest BCUT2D eigenvalue weighted by atomic mass is 9.99. The number of benzene rings is 2. The zero-order valence-electron chi connectivity index (χ0n) is 15.5. The lowest BCUT2D eigenvalue weighted by Gasteiger charge is -2.24. The van der Waals surface area contributed by atoms with Crippen molar-refractivity contribution in [3.05, 3.63) is 76.8 Å². The Balaban J connectivity index is 1.67. The molecule has 2 N–H and O–H groups in total. The van der Waals surface area contributed by atoms with E-state index in [0.717, 1.165) is 16.3 Å². The van der Waals surface area contributed by atoms with E-state index in [9.17, 15) is 14.3 Å². The Morgan fingerprint density at radius 2 is 2.00 bits per heavy atom. The molecule has 0 bridgehead atoms. The number of carbonyl (C=O) groups is 1. The van der Waals surface area contributed by atoms with Gasteiger partial charge in [0, 0.05) is 34.8 Å². The molecule has 146 valence electrons. The van der Waals surface area contributed by atoms with Gasteiger partial charge in [0.25, 0.3) is 0 Å². The second-order valence-corrected chi connectivity index (χ2v) is 7.09. The van der Waals surface area contributed by atoms with Crippen LogP contribution < -0.4 is 5.32 Å². The molecule has 3 aromatic rings. The van der Waals surface area contributed by atoms with Crippen LogP contribution >= 0.6 is 11.6 Å². The van der Waals surface area contributed by atoms with Crippen molar-refractivity contribution in [3.8, 4) is 0 Å². The van der Waals surface area contributed by atoms with Gasteiger partial charge in [0.1, 0.15) is 11.9 Å². The highest BCUT2D eigenvalue weighted by Crippen LogP contribution is 2.29. The van der Waals surface area contributed by atoms with E-state index in [-0.39, 0.29) is 22.9 Å². The predicted octanol–water partition coefficient (Wildman–Crippen LogP) is 4.59. The van der Waals surface area contributed by atoms with Crippen molar-refractivity contribution in [2.45, 2.75) is 38.3 Å². The van der Waals surface area contributed by atoms with Gasteiger partial charge >= 0.3 is 0 Å². The van der Waals surface area contributed by atoms with Crippen LogP contribution in [0.2, 0.25) is 5.02 Å². The van der Waals surface area contributed by atoms with Crippen molar-refractivity contribution in [2.24, 2.45) is 0 Å². The quantitative estimate of drug-likeness (QED) is 0.609. The number of aliphatic hydroxyl groups is 1. The van der Waals surface area contributed by atoms with Crippen LogP contribution in [0.25, 0.3) is 10.8 Å². The molecule has 0 aliphatic rings. The summed E-state index contributed by atoms with van der Waals surface area (Å²) in [5.74, 6) is -0.805. The van der Waals surface area contributed by atoms with Crippen LogP contribution in [0.5, 0.6) is 0 Å². The highest BCUT2D eigenvalue weighted by atomic mass is 35.5. The van der Waals surface area contributed by atoms with Gasteiger partial charge in [-0.05, 0) is 35.9 Å². The number of amides is 1. The van der Waals surface area contributed by atoms with Crippen molar-refractivity contribution < 1.29 is 14.3 Å². The average Bonchev–Trinajstić information content (AvgIpc) is 2.70. The molecular weight excluding hydrogens is 379 g/mol. The van der Waals surface area contributed by atoms with Gasteiger partial charge in [-0.1, -0.05) is 48.9 Å². The normalized spacial score (nSPS) is 13.3. The first-order valence-electron chi connectivity index (χ1n) is 9.24. The van der Waals surface area contributed by atoms with Gasteiger partial charge in [0.2, 0.25) is 5.91 Å². The zero-order valence-corrected chi connectivity index (χ0v) is 16.3. The molecule has 4 nitrogen and oxygen atoms in total. The number of aliphatic hydroxyl groups excluding tert-OH is 1. The van der Waals surface area contributed by atoms with Crippen molar-refractivity contribution in [1.29, 1.82) is 0 Å². The van der Waals surface area contributed by atoms with Crippen molar-refractivity contribution >= 4 is 28.3 Å². The second kappa shape index (κ2) is 9.13. The van der Waals surface area contributed by atoms with E-state index >= 15 is 0 Å². The predicted molar refractivity (Wildman–Crippen MR) is 109 cm³/mol. The summed E-state index contributed by atoms with van der Waals surface area (Å²) < 4.78 is 14.1. The van der Waals surface area contributed by atoms with Crippen molar-refractivity contribution in [2.75, 3.05) is 0 Å². The molecule has 0 fully saturated rings. The molecule has 28 heavy (non-hydrogen) atoms. The molecule has 2 unspecified atom stereocenters. The van der Waals surface area contributed by atoms with Gasteiger partial charge in [-0.3, -0.25) is 9.78 Å². The zero-order chi connectivity index (χ0) is 20.1. The number of rotatable bonds is 7. The van der Waals surface area contributed by atoms with Gasteiger partial charge in [-0.25, -0.2) is 4.39 Å². The number of aromatic nitrogens is 1. The molecule has 0 saturated heterocycles. The van der Waals surface area contributed by atoms with E-state index in [1.165, 1.54) is 18.2 Å². The van der Waals surface area contributed by atoms with E-state index < -0.39 is 18.0 Å². The summed E-state index contributed by atoms with van der Waals surface area (Å²) in [6, 6.07) is 11.5. The van der Waals surface area contributed by atoms with Crippen LogP contribution in [0.15, 0.2) is 54.9 Å². The van der Waals surface area contributed by atoms with Crippen molar-refractivity contribution in [3.63, 3.8) is 0 Å². The molecule has 0 radical (unpaired) electrons. The molecular formula is C22H22ClFN2O2. The maximum absolute atomic E-state index is 14.1. The minimum absolute atomic E-state index is 0.00886. The minimum atomic E-state index is -1.22. The summed E-state index contributed by atoms with van der Waals surface area (Å²) in [6.45, 7) is 1.82. The van der Waals surface area contributed by atoms with E-state index in [1.54, 1.807) is 12.4 Å². The van der Waals surface area contributed by atoms with Gasteiger partial charge < -0.3 is 10.4 Å². The molecule has 0 spiro atoms. The Morgan fingerprint density at radius 1 is 1.21 bits per heavy atom. The van der Waals surface area contributed by atoms with Crippen LogP contribution in [0.1, 0.15) is 37.0 Å². The van der Waals surface area contributed by atoms with E-state index in [4.69, 9.17) is 11.6 Å². The third-order valence-electron chi connectivity index (χ3n) is 4.83. The van der Waals surface area contributed by atoms with Gasteiger partial charge in [0.15, 0.2) is 0 Å². The fraction of sp³-hybridized carbons (Fsp3) is 0.273. The lowest BCUT2D eigenvalue weighted by molar-refractivity contribution is -0.122. The maximum atomic E-state index is 14.1. The SMILES string of the molecule is CCC(NC(=O)CCc1cncc2ccccc12)C(O)c1c(F)cccc1Cl. The first-order chi connectivity index (χ1) is 13.5. The Hall–Kier alpha value is -2.50. The van der Waals surface area contributed by atoms with Gasteiger partial charge in [-0.2, -0.15) is 0 Å². The number of halogens is 2. The smallest absolute Gasteiger partial charge is 0.220 e.